The van der Waals surface area contributed by atoms with Crippen LogP contribution in [0.1, 0.15) is 1.43 Å². The minimum Gasteiger partial charge on any atom is -0.276 e. The summed E-state index contributed by atoms with van der Waals surface area (Å²) in [5.41, 5.74) is 0. The maximum absolute atomic E-state index is 10.5. The maximum atomic E-state index is 10.5. The van der Waals surface area contributed by atoms with Gasteiger partial charge >= 0.3 is 0 Å². The van der Waals surface area contributed by atoms with Gasteiger partial charge in [0.25, 0.3) is 5.24 Å². The highest BCUT2D eigenvalue weighted by Gasteiger charge is 2.25. The zero-order valence-corrected chi connectivity index (χ0v) is 5.20. The van der Waals surface area contributed by atoms with E-state index < -0.39 is 0 Å². The van der Waals surface area contributed by atoms with E-state index in [1.807, 2.05) is 0 Å². The first kappa shape index (κ1) is 5.62. The lowest BCUT2D eigenvalue weighted by molar-refractivity contribution is -0.123. The van der Waals surface area contributed by atoms with Crippen molar-refractivity contribution in [3.63, 3.8) is 0 Å². The standard InChI is InChI=1S/C4H5NO2S.H2/c1-5-3(6)2-8-4(5)7;/h2H2,1H3;1H/i;1+1. The molecule has 2 amide bonds. The summed E-state index contributed by atoms with van der Waals surface area (Å²) in [4.78, 5) is 22.1. The van der Waals surface area contributed by atoms with Crippen LogP contribution >= 0.6 is 11.8 Å². The van der Waals surface area contributed by atoms with Gasteiger partial charge in [0.15, 0.2) is 0 Å². The molecule has 4 heteroatoms. The molecular weight excluding hydrogens is 126 g/mol. The number of carbonyl (C=O) groups is 2. The van der Waals surface area contributed by atoms with Crippen LogP contribution < -0.4 is 0 Å². The van der Waals surface area contributed by atoms with Crippen molar-refractivity contribution in [1.82, 2.24) is 4.90 Å². The summed E-state index contributed by atoms with van der Waals surface area (Å²) in [6, 6.07) is 0. The van der Waals surface area contributed by atoms with Crippen LogP contribution in [-0.4, -0.2) is 28.8 Å². The molecule has 0 aliphatic carbocycles. The number of thioether (sulfide) groups is 1. The highest BCUT2D eigenvalue weighted by atomic mass is 32.2. The van der Waals surface area contributed by atoms with Crippen molar-refractivity contribution < 1.29 is 11.0 Å². The summed E-state index contributed by atoms with van der Waals surface area (Å²) in [7, 11) is 1.49. The Morgan fingerprint density at radius 1 is 1.75 bits per heavy atom. The van der Waals surface area contributed by atoms with Gasteiger partial charge in [-0.1, -0.05) is 11.8 Å². The van der Waals surface area contributed by atoms with E-state index in [-0.39, 0.29) is 12.6 Å². The minimum atomic E-state index is -0.144. The van der Waals surface area contributed by atoms with Crippen molar-refractivity contribution in [1.29, 1.82) is 0 Å². The second-order valence-electron chi connectivity index (χ2n) is 1.51. The number of amides is 2. The van der Waals surface area contributed by atoms with Gasteiger partial charge in [-0.25, -0.2) is 0 Å². The summed E-state index contributed by atoms with van der Waals surface area (Å²) < 4.78 is 0. The van der Waals surface area contributed by atoms with Gasteiger partial charge < -0.3 is 0 Å². The highest BCUT2D eigenvalue weighted by molar-refractivity contribution is 8.14. The van der Waals surface area contributed by atoms with E-state index in [1.54, 1.807) is 0 Å². The first-order valence-electron chi connectivity index (χ1n) is 2.15. The Labute approximate surface area is 52.5 Å². The largest absolute Gasteiger partial charge is 0.288 e. The summed E-state index contributed by atoms with van der Waals surface area (Å²) >= 11 is 1.05. The van der Waals surface area contributed by atoms with Crippen molar-refractivity contribution in [3.8, 4) is 0 Å². The van der Waals surface area contributed by atoms with Gasteiger partial charge in [-0.15, -0.1) is 0 Å². The van der Waals surface area contributed by atoms with Gasteiger partial charge in [-0.05, 0) is 0 Å². The Morgan fingerprint density at radius 2 is 2.38 bits per heavy atom. The van der Waals surface area contributed by atoms with Crippen LogP contribution in [0.2, 0.25) is 0 Å². The van der Waals surface area contributed by atoms with Crippen LogP contribution in [0.5, 0.6) is 0 Å². The topological polar surface area (TPSA) is 37.4 Å². The molecule has 0 aromatic rings. The van der Waals surface area contributed by atoms with E-state index in [0.717, 1.165) is 16.7 Å². The predicted molar refractivity (Wildman–Crippen MR) is 32.7 cm³/mol. The van der Waals surface area contributed by atoms with E-state index in [1.165, 1.54) is 7.05 Å². The summed E-state index contributed by atoms with van der Waals surface area (Å²) in [6.07, 6.45) is 0. The van der Waals surface area contributed by atoms with Crippen LogP contribution in [0, 0.1) is 0 Å². The molecular formula is C4H7NO2S. The predicted octanol–water partition coefficient (Wildman–Crippen LogP) is 0.558. The highest BCUT2D eigenvalue weighted by Crippen LogP contribution is 2.15. The Morgan fingerprint density at radius 3 is 2.50 bits per heavy atom. The van der Waals surface area contributed by atoms with Gasteiger partial charge in [0, 0.05) is 8.47 Å². The third-order valence-corrected chi connectivity index (χ3v) is 1.88. The molecule has 0 atom stereocenters. The number of hydrogen-bond donors (Lipinski definition) is 0. The number of rotatable bonds is 0. The number of nitrogens with zero attached hydrogens (tertiary/aromatic N) is 1. The molecule has 0 aromatic heterocycles. The lowest BCUT2D eigenvalue weighted by Crippen LogP contribution is -2.22. The fraction of sp³-hybridized carbons (Fsp3) is 0.500. The van der Waals surface area contributed by atoms with Crippen molar-refractivity contribution in [2.45, 2.75) is 0 Å². The molecule has 3 nitrogen and oxygen atoms in total. The molecule has 0 saturated carbocycles. The summed E-state index contributed by atoms with van der Waals surface area (Å²) in [6.45, 7) is 0. The maximum Gasteiger partial charge on any atom is 0.288 e. The second kappa shape index (κ2) is 1.78. The van der Waals surface area contributed by atoms with E-state index in [0.29, 0.717) is 5.75 Å². The monoisotopic (exact) mass is 134 g/mol. The summed E-state index contributed by atoms with van der Waals surface area (Å²) in [5, 5.41) is -0.144. The van der Waals surface area contributed by atoms with E-state index >= 15 is 0 Å². The molecule has 0 spiro atoms. The van der Waals surface area contributed by atoms with E-state index in [2.05, 4.69) is 0 Å². The first-order chi connectivity index (χ1) is 3.72. The second-order valence-corrected chi connectivity index (χ2v) is 2.43. The Bertz CT molecular complexity index is 134. The zero-order valence-electron chi connectivity index (χ0n) is 4.38. The van der Waals surface area contributed by atoms with E-state index in [4.69, 9.17) is 0 Å². The van der Waals surface area contributed by atoms with Crippen molar-refractivity contribution in [3.05, 3.63) is 0 Å². The Hall–Kier alpha value is -0.510. The number of hydrogen-bond acceptors (Lipinski definition) is 3. The van der Waals surface area contributed by atoms with Crippen LogP contribution in [0.15, 0.2) is 0 Å². The Kier molecular flexibility index (Phi) is 1.25. The minimum absolute atomic E-state index is 0. The summed E-state index contributed by atoms with van der Waals surface area (Å²) in [5.74, 6) is 0.218. The van der Waals surface area contributed by atoms with Crippen molar-refractivity contribution in [2.75, 3.05) is 12.8 Å². The molecule has 0 radical (unpaired) electrons. The van der Waals surface area contributed by atoms with Crippen molar-refractivity contribution in [2.24, 2.45) is 0 Å². The molecule has 1 rings (SSSR count). The zero-order chi connectivity index (χ0) is 6.15. The van der Waals surface area contributed by atoms with Crippen LogP contribution in [0.4, 0.5) is 4.79 Å². The molecule has 1 aliphatic heterocycles. The van der Waals surface area contributed by atoms with Crippen molar-refractivity contribution >= 4 is 22.9 Å². The van der Waals surface area contributed by atoms with Gasteiger partial charge in [-0.3, -0.25) is 14.5 Å². The van der Waals surface area contributed by atoms with Gasteiger partial charge in [0.1, 0.15) is 0 Å². The quantitative estimate of drug-likeness (QED) is 0.485. The van der Waals surface area contributed by atoms with Crippen LogP contribution in [-0.2, 0) is 4.79 Å². The number of imide groups is 1. The fourth-order valence-corrected chi connectivity index (χ4v) is 1.16. The molecule has 0 unspecified atom stereocenters. The third kappa shape index (κ3) is 0.709. The third-order valence-electron chi connectivity index (χ3n) is 0.967. The molecule has 0 bridgehead atoms. The fourth-order valence-electron chi connectivity index (χ4n) is 0.419. The molecule has 46 valence electrons. The Balaban J connectivity index is 0.000000640. The molecule has 1 fully saturated rings. The average molecular weight is 134 g/mol. The van der Waals surface area contributed by atoms with Gasteiger partial charge in [0.05, 0.1) is 5.75 Å². The van der Waals surface area contributed by atoms with E-state index in [9.17, 15) is 9.59 Å². The molecule has 0 aromatic carbocycles. The lowest BCUT2D eigenvalue weighted by atomic mass is 10.6. The van der Waals surface area contributed by atoms with Gasteiger partial charge in [-0.2, -0.15) is 0 Å². The lowest BCUT2D eigenvalue weighted by Gasteiger charge is -1.99. The molecule has 1 heterocycles. The SMILES string of the molecule is CN1C(=O)CSC1=O.[2HH]. The molecule has 1 saturated heterocycles. The smallest absolute Gasteiger partial charge is 0.276 e. The molecule has 1 aliphatic rings. The molecule has 0 N–H and O–H groups in total. The van der Waals surface area contributed by atoms with Gasteiger partial charge in [0.2, 0.25) is 5.91 Å². The first-order valence-corrected chi connectivity index (χ1v) is 3.13. The average Bonchev–Trinajstić information content (AvgIpc) is 1.98. The molecule has 8 heavy (non-hydrogen) atoms. The number of carbonyl (C=O) groups excluding carboxylic acids is 2. The normalized spacial score (nSPS) is 20.4. The van der Waals surface area contributed by atoms with Crippen LogP contribution in [0.25, 0.3) is 0 Å². The van der Waals surface area contributed by atoms with Crippen LogP contribution in [0.3, 0.4) is 0 Å².